The van der Waals surface area contributed by atoms with Gasteiger partial charge in [0.2, 0.25) is 5.91 Å². The van der Waals surface area contributed by atoms with Gasteiger partial charge in [-0.2, -0.15) is 0 Å². The summed E-state index contributed by atoms with van der Waals surface area (Å²) in [5, 5.41) is 2.78. The van der Waals surface area contributed by atoms with Crippen molar-refractivity contribution in [2.75, 3.05) is 18.6 Å². The Balaban J connectivity index is 2.41. The van der Waals surface area contributed by atoms with Crippen molar-refractivity contribution in [2.45, 2.75) is 32.4 Å². The van der Waals surface area contributed by atoms with Crippen LogP contribution in [-0.4, -0.2) is 31.0 Å². The maximum absolute atomic E-state index is 12.7. The highest BCUT2D eigenvalue weighted by atomic mass is 16.5. The van der Waals surface area contributed by atoms with Gasteiger partial charge >= 0.3 is 0 Å². The number of amides is 2. The van der Waals surface area contributed by atoms with Crippen molar-refractivity contribution >= 4 is 17.5 Å². The fraction of sp³-hybridized carbons (Fsp3) is 0.467. The molecule has 1 saturated heterocycles. The van der Waals surface area contributed by atoms with E-state index >= 15 is 0 Å². The summed E-state index contributed by atoms with van der Waals surface area (Å²) in [6, 6.07) is 7.51. The SMILES string of the molecule is CCC1(C)NC(=O)CN(c2ccccc2COC)C1=O. The number of anilines is 1. The molecule has 0 spiro atoms. The number of hydrogen-bond donors (Lipinski definition) is 1. The van der Waals surface area contributed by atoms with E-state index in [9.17, 15) is 9.59 Å². The van der Waals surface area contributed by atoms with E-state index in [1.165, 1.54) is 0 Å². The van der Waals surface area contributed by atoms with Gasteiger partial charge in [0.25, 0.3) is 5.91 Å². The van der Waals surface area contributed by atoms with Gasteiger partial charge in [0.15, 0.2) is 0 Å². The molecule has 1 heterocycles. The molecule has 1 aliphatic rings. The van der Waals surface area contributed by atoms with Gasteiger partial charge in [-0.05, 0) is 19.4 Å². The van der Waals surface area contributed by atoms with Gasteiger partial charge in [-0.15, -0.1) is 0 Å². The Morgan fingerprint density at radius 2 is 2.05 bits per heavy atom. The minimum Gasteiger partial charge on any atom is -0.380 e. The van der Waals surface area contributed by atoms with Crippen LogP contribution >= 0.6 is 0 Å². The number of ether oxygens (including phenoxy) is 1. The average Bonchev–Trinajstić information content (AvgIpc) is 2.44. The van der Waals surface area contributed by atoms with Crippen molar-refractivity contribution in [1.82, 2.24) is 5.32 Å². The molecule has 0 saturated carbocycles. The molecular weight excluding hydrogens is 256 g/mol. The van der Waals surface area contributed by atoms with Crippen LogP contribution in [0.5, 0.6) is 0 Å². The Bertz CT molecular complexity index is 530. The maximum atomic E-state index is 12.7. The van der Waals surface area contributed by atoms with Crippen LogP contribution in [0.2, 0.25) is 0 Å². The van der Waals surface area contributed by atoms with E-state index in [0.29, 0.717) is 13.0 Å². The summed E-state index contributed by atoms with van der Waals surface area (Å²) in [6.07, 6.45) is 0.556. The lowest BCUT2D eigenvalue weighted by atomic mass is 9.93. The van der Waals surface area contributed by atoms with Gasteiger partial charge in [0.1, 0.15) is 12.1 Å². The summed E-state index contributed by atoms with van der Waals surface area (Å²) in [6.45, 7) is 4.11. The highest BCUT2D eigenvalue weighted by molar-refractivity contribution is 6.09. The third-order valence-electron chi connectivity index (χ3n) is 3.72. The van der Waals surface area contributed by atoms with Gasteiger partial charge in [-0.3, -0.25) is 9.59 Å². The van der Waals surface area contributed by atoms with Gasteiger partial charge < -0.3 is 15.0 Å². The Labute approximate surface area is 118 Å². The van der Waals surface area contributed by atoms with Crippen molar-refractivity contribution in [2.24, 2.45) is 0 Å². The molecule has 2 amide bonds. The topological polar surface area (TPSA) is 58.6 Å². The van der Waals surface area contributed by atoms with Gasteiger partial charge in [0.05, 0.1) is 6.61 Å². The lowest BCUT2D eigenvalue weighted by Gasteiger charge is -2.39. The highest BCUT2D eigenvalue weighted by Gasteiger charge is 2.42. The molecule has 1 fully saturated rings. The lowest BCUT2D eigenvalue weighted by molar-refractivity contribution is -0.135. The normalized spacial score (nSPS) is 22.9. The molecule has 2 rings (SSSR count). The molecule has 0 radical (unpaired) electrons. The Kier molecular flexibility index (Phi) is 4.09. The summed E-state index contributed by atoms with van der Waals surface area (Å²) in [5.41, 5.74) is 0.806. The van der Waals surface area contributed by atoms with Crippen LogP contribution in [0.4, 0.5) is 5.69 Å². The van der Waals surface area contributed by atoms with Crippen molar-refractivity contribution in [3.63, 3.8) is 0 Å². The monoisotopic (exact) mass is 276 g/mol. The van der Waals surface area contributed by atoms with Gasteiger partial charge in [0, 0.05) is 18.4 Å². The van der Waals surface area contributed by atoms with E-state index in [0.717, 1.165) is 11.3 Å². The summed E-state index contributed by atoms with van der Waals surface area (Å²) in [4.78, 5) is 26.1. The molecule has 20 heavy (non-hydrogen) atoms. The third kappa shape index (κ3) is 2.54. The summed E-state index contributed by atoms with van der Waals surface area (Å²) < 4.78 is 5.16. The zero-order valence-electron chi connectivity index (χ0n) is 12.1. The molecule has 1 N–H and O–H groups in total. The Morgan fingerprint density at radius 3 is 2.70 bits per heavy atom. The second-order valence-corrected chi connectivity index (χ2v) is 5.19. The molecule has 1 unspecified atom stereocenters. The maximum Gasteiger partial charge on any atom is 0.252 e. The average molecular weight is 276 g/mol. The van der Waals surface area contributed by atoms with Crippen LogP contribution in [0, 0.1) is 0 Å². The smallest absolute Gasteiger partial charge is 0.252 e. The minimum absolute atomic E-state index is 0.0507. The molecule has 1 aromatic rings. The summed E-state index contributed by atoms with van der Waals surface area (Å²) in [5.74, 6) is -0.218. The van der Waals surface area contributed by atoms with Crippen LogP contribution in [0.15, 0.2) is 24.3 Å². The van der Waals surface area contributed by atoms with Crippen LogP contribution in [-0.2, 0) is 20.9 Å². The number of carbonyl (C=O) groups is 2. The number of para-hydroxylation sites is 1. The molecule has 1 aromatic carbocycles. The van der Waals surface area contributed by atoms with E-state index in [1.54, 1.807) is 18.9 Å². The van der Waals surface area contributed by atoms with E-state index in [2.05, 4.69) is 5.32 Å². The largest absolute Gasteiger partial charge is 0.380 e. The second-order valence-electron chi connectivity index (χ2n) is 5.19. The first kappa shape index (κ1) is 14.5. The van der Waals surface area contributed by atoms with Crippen LogP contribution in [0.3, 0.4) is 0 Å². The molecule has 108 valence electrons. The number of rotatable bonds is 4. The molecule has 0 aromatic heterocycles. The molecule has 0 bridgehead atoms. The van der Waals surface area contributed by atoms with E-state index in [-0.39, 0.29) is 18.4 Å². The van der Waals surface area contributed by atoms with Gasteiger partial charge in [-0.1, -0.05) is 25.1 Å². The van der Waals surface area contributed by atoms with Crippen molar-refractivity contribution in [1.29, 1.82) is 0 Å². The molecule has 5 nitrogen and oxygen atoms in total. The number of methoxy groups -OCH3 is 1. The third-order valence-corrected chi connectivity index (χ3v) is 3.72. The zero-order valence-corrected chi connectivity index (χ0v) is 12.1. The first-order valence-electron chi connectivity index (χ1n) is 6.71. The number of benzene rings is 1. The quantitative estimate of drug-likeness (QED) is 0.906. The minimum atomic E-state index is -0.838. The van der Waals surface area contributed by atoms with Crippen molar-refractivity contribution in [3.8, 4) is 0 Å². The van der Waals surface area contributed by atoms with Crippen molar-refractivity contribution < 1.29 is 14.3 Å². The summed E-state index contributed by atoms with van der Waals surface area (Å²) in [7, 11) is 1.61. The fourth-order valence-corrected chi connectivity index (χ4v) is 2.40. The second kappa shape index (κ2) is 5.63. The van der Waals surface area contributed by atoms with Crippen LogP contribution < -0.4 is 10.2 Å². The zero-order chi connectivity index (χ0) is 14.8. The van der Waals surface area contributed by atoms with E-state index in [4.69, 9.17) is 4.74 Å². The number of nitrogens with zero attached hydrogens (tertiary/aromatic N) is 1. The number of piperazine rings is 1. The predicted octanol–water partition coefficient (Wildman–Crippen LogP) is 1.46. The molecule has 5 heteroatoms. The van der Waals surface area contributed by atoms with Crippen molar-refractivity contribution in [3.05, 3.63) is 29.8 Å². The standard InChI is InChI=1S/C15H20N2O3/c1-4-15(2)14(19)17(9-13(18)16-15)12-8-6-5-7-11(12)10-20-3/h5-8H,4,9-10H2,1-3H3,(H,16,18). The molecule has 1 atom stereocenters. The van der Waals surface area contributed by atoms with E-state index < -0.39 is 5.54 Å². The fourth-order valence-electron chi connectivity index (χ4n) is 2.40. The Hall–Kier alpha value is -1.88. The van der Waals surface area contributed by atoms with Crippen LogP contribution in [0.25, 0.3) is 0 Å². The lowest BCUT2D eigenvalue weighted by Crippen LogP contribution is -2.65. The first-order valence-corrected chi connectivity index (χ1v) is 6.71. The molecule has 1 aliphatic heterocycles. The molecule has 0 aliphatic carbocycles. The van der Waals surface area contributed by atoms with E-state index in [1.807, 2.05) is 31.2 Å². The van der Waals surface area contributed by atoms with Crippen LogP contribution in [0.1, 0.15) is 25.8 Å². The number of carbonyl (C=O) groups excluding carboxylic acids is 2. The highest BCUT2D eigenvalue weighted by Crippen LogP contribution is 2.27. The summed E-state index contributed by atoms with van der Waals surface area (Å²) >= 11 is 0. The van der Waals surface area contributed by atoms with Gasteiger partial charge in [-0.25, -0.2) is 0 Å². The predicted molar refractivity (Wildman–Crippen MR) is 76.3 cm³/mol. The first-order chi connectivity index (χ1) is 9.51. The Morgan fingerprint density at radius 1 is 1.35 bits per heavy atom. The number of nitrogens with one attached hydrogen (secondary N) is 1. The molecular formula is C15H20N2O3. The number of hydrogen-bond acceptors (Lipinski definition) is 3.